The Bertz CT molecular complexity index is 1470. The van der Waals surface area contributed by atoms with Gasteiger partial charge in [-0.1, -0.05) is 36.5 Å². The Labute approximate surface area is 218 Å². The van der Waals surface area contributed by atoms with Crippen molar-refractivity contribution < 1.29 is 9.26 Å². The van der Waals surface area contributed by atoms with E-state index in [1.807, 2.05) is 6.07 Å². The van der Waals surface area contributed by atoms with E-state index in [1.54, 1.807) is 12.4 Å². The third-order valence-electron chi connectivity index (χ3n) is 7.41. The highest BCUT2D eigenvalue weighted by Crippen LogP contribution is 2.36. The van der Waals surface area contributed by atoms with Crippen LogP contribution in [-0.4, -0.2) is 60.4 Å². The molecule has 0 amide bonds. The minimum absolute atomic E-state index is 0.139. The molecule has 1 aliphatic carbocycles. The highest BCUT2D eigenvalue weighted by atomic mass is 35.5. The van der Waals surface area contributed by atoms with E-state index in [2.05, 4.69) is 38.4 Å². The summed E-state index contributed by atoms with van der Waals surface area (Å²) >= 11 is 6.34. The second-order valence-electron chi connectivity index (χ2n) is 10.2. The largest absolute Gasteiger partial charge is 0.439 e. The third kappa shape index (κ3) is 4.73. The Kier molecular flexibility index (Phi) is 6.41. The van der Waals surface area contributed by atoms with Gasteiger partial charge in [-0.05, 0) is 37.7 Å². The number of hydrogen-bond acceptors (Lipinski definition) is 9. The lowest BCUT2D eigenvalue weighted by molar-refractivity contribution is 0.0976. The van der Waals surface area contributed by atoms with E-state index < -0.39 is 5.76 Å². The van der Waals surface area contributed by atoms with Crippen molar-refractivity contribution in [2.24, 2.45) is 11.8 Å². The van der Waals surface area contributed by atoms with Crippen molar-refractivity contribution in [2.75, 3.05) is 24.7 Å². The molecule has 4 aromatic rings. The second kappa shape index (κ2) is 9.86. The van der Waals surface area contributed by atoms with Gasteiger partial charge in [0.05, 0.1) is 24.3 Å². The molecular formula is C25H29ClN8O3. The molecule has 5 heterocycles. The number of halogens is 1. The Morgan fingerprint density at radius 1 is 1.14 bits per heavy atom. The summed E-state index contributed by atoms with van der Waals surface area (Å²) in [6.45, 7) is 7.29. The van der Waals surface area contributed by atoms with E-state index in [-0.39, 0.29) is 17.7 Å². The van der Waals surface area contributed by atoms with Gasteiger partial charge in [0.15, 0.2) is 5.65 Å². The van der Waals surface area contributed by atoms with Crippen LogP contribution < -0.4 is 10.7 Å². The molecule has 6 rings (SSSR count). The molecule has 194 valence electrons. The Balaban J connectivity index is 1.58. The van der Waals surface area contributed by atoms with Crippen LogP contribution in [0.15, 0.2) is 27.8 Å². The number of pyridine rings is 1. The highest BCUT2D eigenvalue weighted by Gasteiger charge is 2.30. The highest BCUT2D eigenvalue weighted by molar-refractivity contribution is 6.30. The van der Waals surface area contributed by atoms with Gasteiger partial charge < -0.3 is 14.2 Å². The van der Waals surface area contributed by atoms with E-state index in [0.29, 0.717) is 35.5 Å². The van der Waals surface area contributed by atoms with Gasteiger partial charge in [0, 0.05) is 31.0 Å². The molecule has 0 unspecified atom stereocenters. The van der Waals surface area contributed by atoms with Gasteiger partial charge in [0.2, 0.25) is 17.6 Å². The fourth-order valence-electron chi connectivity index (χ4n) is 5.39. The Morgan fingerprint density at radius 2 is 1.97 bits per heavy atom. The number of aromatic amines is 1. The molecule has 12 heteroatoms. The molecule has 1 saturated heterocycles. The molecule has 0 bridgehead atoms. The zero-order valence-corrected chi connectivity index (χ0v) is 21.6. The summed E-state index contributed by atoms with van der Waals surface area (Å²) in [4.78, 5) is 35.4. The average Bonchev–Trinajstić information content (AvgIpc) is 3.49. The van der Waals surface area contributed by atoms with Crippen LogP contribution in [0.2, 0.25) is 5.02 Å². The number of ether oxygens (including phenoxy) is 1. The minimum Gasteiger partial charge on any atom is -0.377 e. The summed E-state index contributed by atoms with van der Waals surface area (Å²) in [6.07, 6.45) is 8.11. The summed E-state index contributed by atoms with van der Waals surface area (Å²) in [7, 11) is 0. The summed E-state index contributed by atoms with van der Waals surface area (Å²) in [6, 6.07) is 1.98. The van der Waals surface area contributed by atoms with Crippen molar-refractivity contribution in [3.05, 3.63) is 34.0 Å². The van der Waals surface area contributed by atoms with Crippen LogP contribution in [-0.2, 0) is 11.3 Å². The SMILES string of the molecule is C[C@H]1COCCN1c1nc2nc(-c3noc(=O)[nH]3)nc(-c3cncc(Cl)c3)c2n1C[C@H]1CC[C@H](C)CC1. The number of aromatic nitrogens is 7. The van der Waals surface area contributed by atoms with Gasteiger partial charge in [0.25, 0.3) is 0 Å². The summed E-state index contributed by atoms with van der Waals surface area (Å²) in [5.41, 5.74) is 2.68. The monoisotopic (exact) mass is 524 g/mol. The van der Waals surface area contributed by atoms with Crippen LogP contribution in [0.4, 0.5) is 5.95 Å². The van der Waals surface area contributed by atoms with Crippen LogP contribution in [0.25, 0.3) is 34.1 Å². The van der Waals surface area contributed by atoms with E-state index in [9.17, 15) is 4.79 Å². The molecule has 1 saturated carbocycles. The first-order valence-corrected chi connectivity index (χ1v) is 13.1. The summed E-state index contributed by atoms with van der Waals surface area (Å²) < 4.78 is 12.7. The maximum atomic E-state index is 11.7. The normalized spacial score (nSPS) is 22.6. The third-order valence-corrected chi connectivity index (χ3v) is 7.62. The maximum absolute atomic E-state index is 11.7. The number of nitrogens with one attached hydrogen (secondary N) is 1. The molecule has 1 atom stereocenters. The first kappa shape index (κ1) is 24.1. The first-order chi connectivity index (χ1) is 18.0. The van der Waals surface area contributed by atoms with Crippen molar-refractivity contribution in [1.29, 1.82) is 0 Å². The van der Waals surface area contributed by atoms with Gasteiger partial charge in [-0.2, -0.15) is 4.98 Å². The number of fused-ring (bicyclic) bond motifs is 1. The molecular weight excluding hydrogens is 496 g/mol. The number of H-pyrrole nitrogens is 1. The number of morpholine rings is 1. The van der Waals surface area contributed by atoms with Crippen LogP contribution >= 0.6 is 11.6 Å². The number of anilines is 1. The van der Waals surface area contributed by atoms with Crippen LogP contribution in [0.5, 0.6) is 0 Å². The van der Waals surface area contributed by atoms with Crippen molar-refractivity contribution in [3.63, 3.8) is 0 Å². The maximum Gasteiger partial charge on any atom is 0.439 e. The van der Waals surface area contributed by atoms with Gasteiger partial charge in [-0.3, -0.25) is 14.5 Å². The lowest BCUT2D eigenvalue weighted by Crippen LogP contribution is -2.45. The fraction of sp³-hybridized carbons (Fsp3) is 0.520. The molecule has 1 N–H and O–H groups in total. The Morgan fingerprint density at radius 3 is 2.70 bits per heavy atom. The summed E-state index contributed by atoms with van der Waals surface area (Å²) in [5.74, 6) is 1.82. The smallest absolute Gasteiger partial charge is 0.377 e. The van der Waals surface area contributed by atoms with E-state index >= 15 is 0 Å². The molecule has 2 fully saturated rings. The number of imidazole rings is 1. The topological polar surface area (TPSA) is 128 Å². The predicted octanol–water partition coefficient (Wildman–Crippen LogP) is 3.94. The van der Waals surface area contributed by atoms with Gasteiger partial charge in [-0.25, -0.2) is 14.8 Å². The second-order valence-corrected chi connectivity index (χ2v) is 10.6. The van der Waals surface area contributed by atoms with E-state index in [1.165, 1.54) is 25.7 Å². The molecule has 11 nitrogen and oxygen atoms in total. The standard InChI is InChI=1S/C25H29ClN8O3/c1-14-3-5-16(6-4-14)12-34-20-19(17-9-18(26)11-27-10-17)28-22(23-31-25(35)37-32-23)29-21(20)30-24(34)33-7-8-36-13-15(33)2/h9-11,14-16H,3-8,12-13H2,1-2H3,(H,31,32,35)/t14-,15-,16-/m0/s1. The van der Waals surface area contributed by atoms with Crippen LogP contribution in [0, 0.1) is 11.8 Å². The fourth-order valence-corrected chi connectivity index (χ4v) is 5.56. The van der Waals surface area contributed by atoms with Crippen molar-refractivity contribution in [3.8, 4) is 22.9 Å². The zero-order chi connectivity index (χ0) is 25.5. The molecule has 37 heavy (non-hydrogen) atoms. The zero-order valence-electron chi connectivity index (χ0n) is 20.9. The minimum atomic E-state index is -0.676. The summed E-state index contributed by atoms with van der Waals surface area (Å²) in [5, 5.41) is 4.30. The van der Waals surface area contributed by atoms with Crippen molar-refractivity contribution in [1.82, 2.24) is 34.6 Å². The average molecular weight is 525 g/mol. The van der Waals surface area contributed by atoms with E-state index in [4.69, 9.17) is 35.8 Å². The number of rotatable bonds is 5. The molecule has 2 aliphatic rings. The lowest BCUT2D eigenvalue weighted by Gasteiger charge is -2.35. The lowest BCUT2D eigenvalue weighted by atomic mass is 9.83. The number of hydrogen-bond donors (Lipinski definition) is 1. The molecule has 0 aromatic carbocycles. The molecule has 4 aromatic heterocycles. The van der Waals surface area contributed by atoms with Crippen molar-refractivity contribution >= 4 is 28.7 Å². The van der Waals surface area contributed by atoms with E-state index in [0.717, 1.165) is 36.0 Å². The van der Waals surface area contributed by atoms with Crippen LogP contribution in [0.3, 0.4) is 0 Å². The van der Waals surface area contributed by atoms with Gasteiger partial charge in [-0.15, -0.1) is 0 Å². The predicted molar refractivity (Wildman–Crippen MR) is 138 cm³/mol. The van der Waals surface area contributed by atoms with Gasteiger partial charge in [0.1, 0.15) is 11.2 Å². The Hall–Kier alpha value is -3.31. The van der Waals surface area contributed by atoms with Crippen molar-refractivity contribution in [2.45, 2.75) is 52.1 Å². The molecule has 0 spiro atoms. The quantitative estimate of drug-likeness (QED) is 0.412. The molecule has 1 aliphatic heterocycles. The number of nitrogens with zero attached hydrogens (tertiary/aromatic N) is 7. The molecule has 0 radical (unpaired) electrons. The van der Waals surface area contributed by atoms with Crippen LogP contribution in [0.1, 0.15) is 39.5 Å². The van der Waals surface area contributed by atoms with Gasteiger partial charge >= 0.3 is 5.76 Å². The first-order valence-electron chi connectivity index (χ1n) is 12.8.